The number of hydrogen-bond acceptors (Lipinski definition) is 7. The van der Waals surface area contributed by atoms with Gasteiger partial charge < -0.3 is 14.2 Å². The van der Waals surface area contributed by atoms with Gasteiger partial charge in [-0.25, -0.2) is 13.8 Å². The molecule has 0 aliphatic heterocycles. The van der Waals surface area contributed by atoms with Crippen LogP contribution >= 0.6 is 12.3 Å². The van der Waals surface area contributed by atoms with Crippen LogP contribution in [0.3, 0.4) is 0 Å². The molecule has 11 heteroatoms. The first-order valence-corrected chi connectivity index (χ1v) is 10.3. The second-order valence-corrected chi connectivity index (χ2v) is 7.74. The predicted octanol–water partition coefficient (Wildman–Crippen LogP) is 3.81. The molecule has 31 heavy (non-hydrogen) atoms. The Bertz CT molecular complexity index is 1010. The molecule has 2 heterocycles. The molecule has 0 saturated heterocycles. The number of pyridine rings is 2. The van der Waals surface area contributed by atoms with Crippen molar-refractivity contribution in [1.29, 1.82) is 0 Å². The van der Waals surface area contributed by atoms with E-state index >= 15 is 0 Å². The van der Waals surface area contributed by atoms with Crippen molar-refractivity contribution < 1.29 is 26.7 Å². The summed E-state index contributed by atoms with van der Waals surface area (Å²) < 4.78 is 43.0. The summed E-state index contributed by atoms with van der Waals surface area (Å²) in [5.74, 6) is -2.91. The molecule has 1 amide bonds. The van der Waals surface area contributed by atoms with Crippen LogP contribution in [0, 0.1) is 5.92 Å². The number of alkyl halides is 2. The number of nitrogens with one attached hydrogen (secondary N) is 1. The Kier molecular flexibility index (Phi) is 7.16. The van der Waals surface area contributed by atoms with Gasteiger partial charge in [-0.1, -0.05) is 0 Å². The SMILES string of the molecule is CCOSOc1cc(NC(=O)C2CC2)cnc1-c1ccc(OCC(C)(F)F)n(C)c1=O. The second-order valence-electron chi connectivity index (χ2n) is 7.20. The molecule has 0 spiro atoms. The topological polar surface area (TPSA) is 91.7 Å². The summed E-state index contributed by atoms with van der Waals surface area (Å²) in [7, 11) is 1.41. The van der Waals surface area contributed by atoms with Crippen LogP contribution in [-0.4, -0.2) is 34.6 Å². The van der Waals surface area contributed by atoms with Gasteiger partial charge in [-0.3, -0.25) is 18.3 Å². The molecule has 8 nitrogen and oxygen atoms in total. The van der Waals surface area contributed by atoms with Crippen LogP contribution in [0.25, 0.3) is 11.3 Å². The van der Waals surface area contributed by atoms with Gasteiger partial charge in [0.05, 0.1) is 24.1 Å². The molecule has 0 radical (unpaired) electrons. The molecule has 0 unspecified atom stereocenters. The first-order valence-electron chi connectivity index (χ1n) is 9.67. The maximum absolute atomic E-state index is 13.1. The summed E-state index contributed by atoms with van der Waals surface area (Å²) in [6, 6.07) is 4.39. The Balaban J connectivity index is 1.91. The highest BCUT2D eigenvalue weighted by Gasteiger charge is 2.30. The third-order valence-corrected chi connectivity index (χ3v) is 4.92. The van der Waals surface area contributed by atoms with E-state index in [1.165, 1.54) is 25.4 Å². The van der Waals surface area contributed by atoms with Gasteiger partial charge in [0, 0.05) is 26.0 Å². The number of carbonyl (C=O) groups excluding carboxylic acids is 1. The molecule has 0 atom stereocenters. The highest BCUT2D eigenvalue weighted by Crippen LogP contribution is 2.34. The molecule has 0 aromatic carbocycles. The summed E-state index contributed by atoms with van der Waals surface area (Å²) in [5.41, 5.74) is 0.301. The monoisotopic (exact) mass is 455 g/mol. The summed E-state index contributed by atoms with van der Waals surface area (Å²) in [6.45, 7) is 2.05. The Morgan fingerprint density at radius 2 is 2.13 bits per heavy atom. The lowest BCUT2D eigenvalue weighted by Gasteiger charge is -2.16. The average molecular weight is 455 g/mol. The van der Waals surface area contributed by atoms with Gasteiger partial charge in [0.15, 0.2) is 18.2 Å². The Morgan fingerprint density at radius 3 is 2.77 bits per heavy atom. The molecule has 3 rings (SSSR count). The van der Waals surface area contributed by atoms with Gasteiger partial charge in [0.2, 0.25) is 18.2 Å². The smallest absolute Gasteiger partial charge is 0.278 e. The third kappa shape index (κ3) is 6.17. The van der Waals surface area contributed by atoms with Crippen LogP contribution in [-0.2, 0) is 16.0 Å². The van der Waals surface area contributed by atoms with Crippen molar-refractivity contribution in [2.45, 2.75) is 32.6 Å². The average Bonchev–Trinajstić information content (AvgIpc) is 3.55. The molecule has 1 fully saturated rings. The van der Waals surface area contributed by atoms with Gasteiger partial charge >= 0.3 is 0 Å². The van der Waals surface area contributed by atoms with Crippen LogP contribution < -0.4 is 19.8 Å². The zero-order valence-electron chi connectivity index (χ0n) is 17.3. The lowest BCUT2D eigenvalue weighted by Crippen LogP contribution is -2.26. The first kappa shape index (κ1) is 23.0. The standard InChI is InChI=1S/C20H23F2N3O5S/c1-4-29-31-30-15-9-13(24-18(26)12-5-6-12)10-23-17(15)14-7-8-16(25(3)19(14)27)28-11-20(2,21)22/h7-10,12H,4-6,11H2,1-3H3,(H,24,26). The van der Waals surface area contributed by atoms with Gasteiger partial charge in [0.25, 0.3) is 11.5 Å². The highest BCUT2D eigenvalue weighted by molar-refractivity contribution is 7.90. The molecule has 2 aromatic rings. The Hall–Kier alpha value is -2.66. The fourth-order valence-corrected chi connectivity index (χ4v) is 2.97. The van der Waals surface area contributed by atoms with Crippen molar-refractivity contribution in [3.63, 3.8) is 0 Å². The number of hydrogen-bond donors (Lipinski definition) is 1. The van der Waals surface area contributed by atoms with Crippen LogP contribution in [0.2, 0.25) is 0 Å². The van der Waals surface area contributed by atoms with E-state index in [0.717, 1.165) is 24.3 Å². The minimum atomic E-state index is -3.03. The van der Waals surface area contributed by atoms with Crippen LogP contribution in [0.15, 0.2) is 29.2 Å². The van der Waals surface area contributed by atoms with Crippen LogP contribution in [0.1, 0.15) is 26.7 Å². The van der Waals surface area contributed by atoms with Crippen molar-refractivity contribution in [2.24, 2.45) is 13.0 Å². The van der Waals surface area contributed by atoms with Crippen molar-refractivity contribution >= 4 is 23.9 Å². The largest absolute Gasteiger partial charge is 0.472 e. The third-order valence-electron chi connectivity index (χ3n) is 4.34. The van der Waals surface area contributed by atoms with Crippen LogP contribution in [0.4, 0.5) is 14.5 Å². The molecule has 2 aromatic heterocycles. The summed E-state index contributed by atoms with van der Waals surface area (Å²) in [6.07, 6.45) is 3.14. The molecule has 0 bridgehead atoms. The molecule has 1 aliphatic rings. The number of carbonyl (C=O) groups is 1. The number of rotatable bonds is 10. The van der Waals surface area contributed by atoms with E-state index in [1.54, 1.807) is 13.0 Å². The van der Waals surface area contributed by atoms with E-state index in [0.29, 0.717) is 24.6 Å². The number of nitrogens with zero attached hydrogens (tertiary/aromatic N) is 2. The fourth-order valence-electron chi connectivity index (χ4n) is 2.62. The quantitative estimate of drug-likeness (QED) is 0.430. The minimum Gasteiger partial charge on any atom is -0.472 e. The molecular formula is C20H23F2N3O5S. The summed E-state index contributed by atoms with van der Waals surface area (Å²) >= 11 is 0.716. The maximum atomic E-state index is 13.1. The number of aromatic nitrogens is 2. The van der Waals surface area contributed by atoms with Gasteiger partial charge in [-0.15, -0.1) is 0 Å². The van der Waals surface area contributed by atoms with E-state index in [9.17, 15) is 18.4 Å². The van der Waals surface area contributed by atoms with Crippen molar-refractivity contribution in [3.8, 4) is 22.9 Å². The lowest BCUT2D eigenvalue weighted by molar-refractivity contribution is -0.117. The molecule has 1 saturated carbocycles. The summed E-state index contributed by atoms with van der Waals surface area (Å²) in [5, 5.41) is 2.77. The predicted molar refractivity (Wildman–Crippen MR) is 112 cm³/mol. The van der Waals surface area contributed by atoms with Crippen LogP contribution in [0.5, 0.6) is 11.6 Å². The minimum absolute atomic E-state index is 0.00486. The van der Waals surface area contributed by atoms with E-state index in [4.69, 9.17) is 13.1 Å². The first-order chi connectivity index (χ1) is 14.7. The zero-order valence-corrected chi connectivity index (χ0v) is 18.1. The Labute approximate surface area is 182 Å². The lowest BCUT2D eigenvalue weighted by atomic mass is 10.1. The molecule has 168 valence electrons. The fraction of sp³-hybridized carbons (Fsp3) is 0.450. The van der Waals surface area contributed by atoms with Crippen molar-refractivity contribution in [2.75, 3.05) is 18.5 Å². The van der Waals surface area contributed by atoms with Gasteiger partial charge in [-0.05, 0) is 31.9 Å². The van der Waals surface area contributed by atoms with Crippen molar-refractivity contribution in [3.05, 3.63) is 34.7 Å². The van der Waals surface area contributed by atoms with E-state index in [1.807, 2.05) is 0 Å². The number of anilines is 1. The van der Waals surface area contributed by atoms with E-state index in [-0.39, 0.29) is 34.7 Å². The molecular weight excluding hydrogens is 432 g/mol. The highest BCUT2D eigenvalue weighted by atomic mass is 32.2. The van der Waals surface area contributed by atoms with Gasteiger partial charge in [-0.2, -0.15) is 0 Å². The normalized spacial score (nSPS) is 13.7. The molecule has 1 aliphatic carbocycles. The summed E-state index contributed by atoms with van der Waals surface area (Å²) in [4.78, 5) is 29.2. The Morgan fingerprint density at radius 1 is 1.39 bits per heavy atom. The van der Waals surface area contributed by atoms with Crippen molar-refractivity contribution in [1.82, 2.24) is 9.55 Å². The number of halogens is 2. The van der Waals surface area contributed by atoms with Gasteiger partial charge in [0.1, 0.15) is 5.69 Å². The second kappa shape index (κ2) is 9.65. The van der Waals surface area contributed by atoms with E-state index < -0.39 is 18.1 Å². The zero-order chi connectivity index (χ0) is 22.6. The maximum Gasteiger partial charge on any atom is 0.278 e. The number of ether oxygens (including phenoxy) is 1. The van der Waals surface area contributed by atoms with E-state index in [2.05, 4.69) is 10.3 Å². The number of amides is 1. The molecule has 1 N–H and O–H groups in total.